The van der Waals surface area contributed by atoms with Crippen molar-refractivity contribution < 1.29 is 33.3 Å². The summed E-state index contributed by atoms with van der Waals surface area (Å²) in [4.78, 5) is 25.3. The summed E-state index contributed by atoms with van der Waals surface area (Å²) in [5.74, 6) is 0.492. The zero-order chi connectivity index (χ0) is 27.0. The number of allylic oxidation sites excluding steroid dienone is 4. The molecule has 0 radical (unpaired) electrons. The Morgan fingerprint density at radius 3 is 2.32 bits per heavy atom. The van der Waals surface area contributed by atoms with Crippen LogP contribution in [0.2, 0.25) is 0 Å². The lowest BCUT2D eigenvalue weighted by molar-refractivity contribution is -0.171. The maximum Gasteiger partial charge on any atom is 0.377 e. The summed E-state index contributed by atoms with van der Waals surface area (Å²) in [6, 6.07) is 0. The van der Waals surface area contributed by atoms with Gasteiger partial charge in [-0.05, 0) is 57.3 Å². The molecular weight excluding hydrogens is 484 g/mol. The zero-order valence-corrected chi connectivity index (χ0v) is 23.5. The summed E-state index contributed by atoms with van der Waals surface area (Å²) in [5.41, 5.74) is 0. The molecule has 2 unspecified atom stereocenters. The molecule has 0 aromatic carbocycles. The van der Waals surface area contributed by atoms with Crippen molar-refractivity contribution in [3.8, 4) is 0 Å². The molecular formula is C31H48O7. The van der Waals surface area contributed by atoms with E-state index in [0.717, 1.165) is 44.9 Å². The van der Waals surface area contributed by atoms with Crippen molar-refractivity contribution in [2.45, 2.75) is 116 Å². The molecule has 1 aliphatic carbocycles. The number of methoxy groups -OCH3 is 1. The quantitative estimate of drug-likeness (QED) is 0.0745. The Bertz CT molecular complexity index is 803. The highest BCUT2D eigenvalue weighted by atomic mass is 16.7. The van der Waals surface area contributed by atoms with Gasteiger partial charge in [-0.15, -0.1) is 0 Å². The summed E-state index contributed by atoms with van der Waals surface area (Å²) in [5, 5.41) is 0. The molecule has 3 aliphatic rings. The van der Waals surface area contributed by atoms with Gasteiger partial charge < -0.3 is 23.7 Å². The highest BCUT2D eigenvalue weighted by molar-refractivity contribution is 5.86. The molecule has 0 aromatic rings. The molecule has 3 rings (SSSR count). The molecule has 0 spiro atoms. The van der Waals surface area contributed by atoms with E-state index < -0.39 is 18.5 Å². The van der Waals surface area contributed by atoms with E-state index in [9.17, 15) is 9.59 Å². The SMILES string of the molecule is CCCCCC/C=C/[C@H]1CCC(=O)[C@@H]1C/C=C\C/C(OC1CCCCO1)=C(\OC1CCCCO1)C(=O)OC. The van der Waals surface area contributed by atoms with Crippen molar-refractivity contribution in [1.29, 1.82) is 0 Å². The number of Topliss-reactive ketones (excluding diaryl/α,β-unsaturated/α-hetero) is 1. The minimum absolute atomic E-state index is 0.0140. The molecule has 7 nitrogen and oxygen atoms in total. The third-order valence-electron chi connectivity index (χ3n) is 7.54. The summed E-state index contributed by atoms with van der Waals surface area (Å²) in [7, 11) is 1.33. The minimum atomic E-state index is -0.589. The summed E-state index contributed by atoms with van der Waals surface area (Å²) in [6.07, 6.45) is 21.7. The summed E-state index contributed by atoms with van der Waals surface area (Å²) < 4.78 is 28.7. The second-order valence-electron chi connectivity index (χ2n) is 10.5. The fourth-order valence-electron chi connectivity index (χ4n) is 5.28. The van der Waals surface area contributed by atoms with Crippen molar-refractivity contribution >= 4 is 11.8 Å². The maximum atomic E-state index is 12.7. The molecule has 0 amide bonds. The predicted octanol–water partition coefficient (Wildman–Crippen LogP) is 6.92. The van der Waals surface area contributed by atoms with Gasteiger partial charge in [0, 0.05) is 31.6 Å². The fraction of sp³-hybridized carbons (Fsp3) is 0.742. The Hall–Kier alpha value is -2.12. The van der Waals surface area contributed by atoms with Crippen LogP contribution in [0.4, 0.5) is 0 Å². The first-order valence-electron chi connectivity index (χ1n) is 14.8. The van der Waals surface area contributed by atoms with Gasteiger partial charge in [-0.1, -0.05) is 50.5 Å². The van der Waals surface area contributed by atoms with E-state index in [1.165, 1.54) is 32.8 Å². The van der Waals surface area contributed by atoms with Crippen molar-refractivity contribution in [3.63, 3.8) is 0 Å². The Morgan fingerprint density at radius 2 is 1.66 bits per heavy atom. The van der Waals surface area contributed by atoms with E-state index in [2.05, 4.69) is 19.1 Å². The third kappa shape index (κ3) is 10.2. The number of carbonyl (C=O) groups is 2. The second kappa shape index (κ2) is 17.5. The van der Waals surface area contributed by atoms with Crippen LogP contribution in [0.1, 0.15) is 103 Å². The smallest absolute Gasteiger partial charge is 0.377 e. The van der Waals surface area contributed by atoms with E-state index in [1.807, 2.05) is 12.2 Å². The highest BCUT2D eigenvalue weighted by Gasteiger charge is 2.32. The molecule has 0 aromatic heterocycles. The van der Waals surface area contributed by atoms with Gasteiger partial charge in [-0.3, -0.25) is 4.79 Å². The van der Waals surface area contributed by atoms with Crippen LogP contribution in [0.25, 0.3) is 0 Å². The Balaban J connectivity index is 1.65. The van der Waals surface area contributed by atoms with E-state index >= 15 is 0 Å². The van der Waals surface area contributed by atoms with Crippen LogP contribution in [0.5, 0.6) is 0 Å². The average molecular weight is 533 g/mol. The number of hydrogen-bond acceptors (Lipinski definition) is 7. The maximum absolute atomic E-state index is 12.7. The molecule has 1 saturated carbocycles. The van der Waals surface area contributed by atoms with E-state index in [4.69, 9.17) is 23.7 Å². The largest absolute Gasteiger partial charge is 0.465 e. The van der Waals surface area contributed by atoms with Gasteiger partial charge >= 0.3 is 5.97 Å². The van der Waals surface area contributed by atoms with Crippen LogP contribution in [0.3, 0.4) is 0 Å². The van der Waals surface area contributed by atoms with Crippen LogP contribution in [0.15, 0.2) is 35.8 Å². The average Bonchev–Trinajstić information content (AvgIpc) is 3.30. The monoisotopic (exact) mass is 532 g/mol. The van der Waals surface area contributed by atoms with Gasteiger partial charge in [0.2, 0.25) is 5.76 Å². The van der Waals surface area contributed by atoms with Crippen LogP contribution in [0, 0.1) is 11.8 Å². The molecule has 2 heterocycles. The lowest BCUT2D eigenvalue weighted by Crippen LogP contribution is -2.27. The normalized spacial score (nSPS) is 27.1. The van der Waals surface area contributed by atoms with Crippen molar-refractivity contribution in [1.82, 2.24) is 0 Å². The van der Waals surface area contributed by atoms with E-state index in [-0.39, 0.29) is 11.7 Å². The number of esters is 1. The van der Waals surface area contributed by atoms with Crippen LogP contribution < -0.4 is 0 Å². The summed E-state index contributed by atoms with van der Waals surface area (Å²) >= 11 is 0. The van der Waals surface area contributed by atoms with Gasteiger partial charge in [0.1, 0.15) is 5.78 Å². The van der Waals surface area contributed by atoms with Gasteiger partial charge in [-0.25, -0.2) is 4.79 Å². The number of hydrogen-bond donors (Lipinski definition) is 0. The van der Waals surface area contributed by atoms with Crippen LogP contribution in [-0.4, -0.2) is 44.7 Å². The molecule has 2 aliphatic heterocycles. The third-order valence-corrected chi connectivity index (χ3v) is 7.54. The van der Waals surface area contributed by atoms with E-state index in [0.29, 0.717) is 56.4 Å². The minimum Gasteiger partial charge on any atom is -0.465 e. The zero-order valence-electron chi connectivity index (χ0n) is 23.5. The Morgan fingerprint density at radius 1 is 0.921 bits per heavy atom. The van der Waals surface area contributed by atoms with Crippen molar-refractivity contribution in [2.75, 3.05) is 20.3 Å². The first-order chi connectivity index (χ1) is 18.6. The number of ketones is 1. The van der Waals surface area contributed by atoms with Gasteiger partial charge in [-0.2, -0.15) is 0 Å². The molecule has 7 heteroatoms. The molecule has 214 valence electrons. The molecule has 0 bridgehead atoms. The molecule has 2 saturated heterocycles. The van der Waals surface area contributed by atoms with Gasteiger partial charge in [0.15, 0.2) is 18.3 Å². The van der Waals surface area contributed by atoms with E-state index in [1.54, 1.807) is 0 Å². The predicted molar refractivity (Wildman–Crippen MR) is 146 cm³/mol. The highest BCUT2D eigenvalue weighted by Crippen LogP contribution is 2.33. The Labute approximate surface area is 228 Å². The second-order valence-corrected chi connectivity index (χ2v) is 10.5. The molecule has 38 heavy (non-hydrogen) atoms. The number of carbonyl (C=O) groups excluding carboxylic acids is 2. The first kappa shape index (κ1) is 30.4. The first-order valence-corrected chi connectivity index (χ1v) is 14.8. The van der Waals surface area contributed by atoms with Gasteiger partial charge in [0.25, 0.3) is 0 Å². The Kier molecular flexibility index (Phi) is 14.0. The lowest BCUT2D eigenvalue weighted by atomic mass is 9.91. The van der Waals surface area contributed by atoms with Crippen molar-refractivity contribution in [3.05, 3.63) is 35.8 Å². The standard InChI is InChI=1S/C31H48O7/c1-3-4-5-6-7-8-15-24-20-21-26(32)25(24)16-9-10-17-27(37-28-18-11-13-22-35-28)30(31(33)34-2)38-29-19-12-14-23-36-29/h8-10,15,24-25,28-29H,3-7,11-14,16-23H2,1-2H3/b10-9-,15-8+,30-27+/t24-,25+,28?,29?/m0/s1. The fourth-order valence-corrected chi connectivity index (χ4v) is 5.28. The van der Waals surface area contributed by atoms with Gasteiger partial charge in [0.05, 0.1) is 20.3 Å². The number of unbranched alkanes of at least 4 members (excludes halogenated alkanes) is 4. The summed E-state index contributed by atoms with van der Waals surface area (Å²) in [6.45, 7) is 3.46. The topological polar surface area (TPSA) is 80.3 Å². The number of ether oxygens (including phenoxy) is 5. The van der Waals surface area contributed by atoms with Crippen molar-refractivity contribution in [2.24, 2.45) is 11.8 Å². The molecule has 3 fully saturated rings. The van der Waals surface area contributed by atoms with Crippen LogP contribution >= 0.6 is 0 Å². The van der Waals surface area contributed by atoms with Crippen LogP contribution in [-0.2, 0) is 33.3 Å². The molecule has 4 atom stereocenters. The lowest BCUT2D eigenvalue weighted by Gasteiger charge is -2.28. The molecule has 0 N–H and O–H groups in total. The number of rotatable bonds is 15.